The summed E-state index contributed by atoms with van der Waals surface area (Å²) in [6.45, 7) is 5.40. The van der Waals surface area contributed by atoms with Gasteiger partial charge in [0.1, 0.15) is 0 Å². The third-order valence-corrected chi connectivity index (χ3v) is 2.86. The van der Waals surface area contributed by atoms with E-state index in [-0.39, 0.29) is 18.7 Å². The minimum atomic E-state index is -0.354. The number of carbonyl (C=O) groups is 1. The fourth-order valence-electron chi connectivity index (χ4n) is 1.84. The summed E-state index contributed by atoms with van der Waals surface area (Å²) in [5.41, 5.74) is 2.77. The number of aromatic nitrogens is 2. The Labute approximate surface area is 117 Å². The van der Waals surface area contributed by atoms with Crippen molar-refractivity contribution in [3.8, 4) is 5.69 Å². The highest BCUT2D eigenvalue weighted by molar-refractivity contribution is 5.90. The van der Waals surface area contributed by atoms with Crippen molar-refractivity contribution in [1.29, 1.82) is 0 Å². The van der Waals surface area contributed by atoms with E-state index in [4.69, 9.17) is 4.74 Å². The van der Waals surface area contributed by atoms with Gasteiger partial charge >= 0.3 is 5.97 Å². The Kier molecular flexibility index (Phi) is 4.20. The van der Waals surface area contributed by atoms with Gasteiger partial charge in [0, 0.05) is 11.8 Å². The topological polar surface area (TPSA) is 64.4 Å². The molecule has 0 aliphatic carbocycles. The second kappa shape index (κ2) is 5.88. The lowest BCUT2D eigenvalue weighted by Crippen LogP contribution is -2.12. The van der Waals surface area contributed by atoms with Crippen LogP contribution in [0.3, 0.4) is 0 Å². The first-order valence-corrected chi connectivity index (χ1v) is 6.48. The molecule has 2 aromatic rings. The monoisotopic (exact) mass is 274 g/mol. The quantitative estimate of drug-likeness (QED) is 0.868. The van der Waals surface area contributed by atoms with E-state index in [1.54, 1.807) is 29.1 Å². The van der Waals surface area contributed by atoms with E-state index in [0.717, 1.165) is 16.9 Å². The van der Waals surface area contributed by atoms with E-state index >= 15 is 0 Å². The van der Waals surface area contributed by atoms with Crippen molar-refractivity contribution in [3.05, 3.63) is 47.3 Å². The maximum absolute atomic E-state index is 11.9. The molecule has 5 heteroatoms. The number of aliphatic hydroxyl groups is 1. The van der Waals surface area contributed by atoms with Crippen LogP contribution in [0.1, 0.15) is 35.5 Å². The van der Waals surface area contributed by atoms with Crippen LogP contribution in [0.4, 0.5) is 0 Å². The molecule has 1 aromatic heterocycles. The minimum Gasteiger partial charge on any atom is -0.459 e. The third kappa shape index (κ3) is 3.05. The summed E-state index contributed by atoms with van der Waals surface area (Å²) in [4.78, 5) is 11.9. The summed E-state index contributed by atoms with van der Waals surface area (Å²) in [5.74, 6) is -0.354. The first kappa shape index (κ1) is 14.3. The van der Waals surface area contributed by atoms with Gasteiger partial charge in [-0.1, -0.05) is 6.07 Å². The molecule has 0 aliphatic heterocycles. The highest BCUT2D eigenvalue weighted by Gasteiger charge is 2.11. The SMILES string of the molecule is Cc1nn(-c2cccc(C(=O)OC(C)C)c2)cc1CO. The molecule has 1 heterocycles. The number of hydrogen-bond acceptors (Lipinski definition) is 4. The second-order valence-electron chi connectivity index (χ2n) is 4.85. The number of benzene rings is 1. The first-order valence-electron chi connectivity index (χ1n) is 6.48. The zero-order valence-electron chi connectivity index (χ0n) is 11.8. The van der Waals surface area contributed by atoms with Crippen molar-refractivity contribution in [2.75, 3.05) is 0 Å². The average molecular weight is 274 g/mol. The number of carbonyl (C=O) groups excluding carboxylic acids is 1. The summed E-state index contributed by atoms with van der Waals surface area (Å²) in [6.07, 6.45) is 1.60. The predicted octanol–water partition coefficient (Wildman–Crippen LogP) is 2.24. The van der Waals surface area contributed by atoms with Crippen molar-refractivity contribution in [2.24, 2.45) is 0 Å². The highest BCUT2D eigenvalue weighted by atomic mass is 16.5. The van der Waals surface area contributed by atoms with Gasteiger partial charge < -0.3 is 9.84 Å². The molecule has 2 rings (SSSR count). The van der Waals surface area contributed by atoms with Crippen LogP contribution in [-0.4, -0.2) is 27.0 Å². The van der Waals surface area contributed by atoms with E-state index in [1.807, 2.05) is 26.8 Å². The smallest absolute Gasteiger partial charge is 0.338 e. The number of rotatable bonds is 4. The average Bonchev–Trinajstić information content (AvgIpc) is 2.79. The normalized spacial score (nSPS) is 10.8. The number of ether oxygens (including phenoxy) is 1. The molecule has 0 saturated carbocycles. The standard InChI is InChI=1S/C15H18N2O3/c1-10(2)20-15(19)12-5-4-6-14(7-12)17-8-13(9-18)11(3)16-17/h4-8,10,18H,9H2,1-3H3. The lowest BCUT2D eigenvalue weighted by atomic mass is 10.2. The Bertz CT molecular complexity index is 617. The third-order valence-electron chi connectivity index (χ3n) is 2.86. The summed E-state index contributed by atoms with van der Waals surface area (Å²) in [6, 6.07) is 7.05. The van der Waals surface area contributed by atoms with Crippen LogP contribution in [0.5, 0.6) is 0 Å². The van der Waals surface area contributed by atoms with E-state index in [9.17, 15) is 9.90 Å². The summed E-state index contributed by atoms with van der Waals surface area (Å²) < 4.78 is 6.81. The molecule has 5 nitrogen and oxygen atoms in total. The van der Waals surface area contributed by atoms with Gasteiger partial charge in [0.2, 0.25) is 0 Å². The van der Waals surface area contributed by atoms with E-state index in [0.29, 0.717) is 5.56 Å². The van der Waals surface area contributed by atoms with Crippen molar-refractivity contribution in [1.82, 2.24) is 9.78 Å². The van der Waals surface area contributed by atoms with Crippen LogP contribution in [-0.2, 0) is 11.3 Å². The second-order valence-corrected chi connectivity index (χ2v) is 4.85. The van der Waals surface area contributed by atoms with Crippen LogP contribution in [0.25, 0.3) is 5.69 Å². The molecular formula is C15H18N2O3. The van der Waals surface area contributed by atoms with E-state index < -0.39 is 0 Å². The lowest BCUT2D eigenvalue weighted by molar-refractivity contribution is 0.0378. The molecule has 0 amide bonds. The van der Waals surface area contributed by atoms with Crippen LogP contribution in [0.2, 0.25) is 0 Å². The Morgan fingerprint density at radius 2 is 2.20 bits per heavy atom. The maximum atomic E-state index is 11.9. The van der Waals surface area contributed by atoms with Crippen molar-refractivity contribution in [3.63, 3.8) is 0 Å². The van der Waals surface area contributed by atoms with Gasteiger partial charge in [-0.05, 0) is 39.0 Å². The molecule has 0 radical (unpaired) electrons. The maximum Gasteiger partial charge on any atom is 0.338 e. The summed E-state index contributed by atoms with van der Waals surface area (Å²) >= 11 is 0. The number of esters is 1. The number of aryl methyl sites for hydroxylation is 1. The number of nitrogens with zero attached hydrogens (tertiary/aromatic N) is 2. The molecule has 1 N–H and O–H groups in total. The molecule has 0 bridgehead atoms. The molecule has 0 spiro atoms. The Hall–Kier alpha value is -2.14. The summed E-state index contributed by atoms with van der Waals surface area (Å²) in [5, 5.41) is 13.5. The molecule has 106 valence electrons. The number of aliphatic hydroxyl groups excluding tert-OH is 1. The van der Waals surface area contributed by atoms with Crippen LogP contribution < -0.4 is 0 Å². The summed E-state index contributed by atoms with van der Waals surface area (Å²) in [7, 11) is 0. The van der Waals surface area contributed by atoms with Crippen molar-refractivity contribution in [2.45, 2.75) is 33.5 Å². The van der Waals surface area contributed by atoms with E-state index in [2.05, 4.69) is 5.10 Å². The van der Waals surface area contributed by atoms with Crippen LogP contribution in [0, 0.1) is 6.92 Å². The van der Waals surface area contributed by atoms with Gasteiger partial charge in [-0.15, -0.1) is 0 Å². The lowest BCUT2D eigenvalue weighted by Gasteiger charge is -2.09. The van der Waals surface area contributed by atoms with Crippen molar-refractivity contribution < 1.29 is 14.6 Å². The molecular weight excluding hydrogens is 256 g/mol. The molecule has 0 atom stereocenters. The fourth-order valence-corrected chi connectivity index (χ4v) is 1.84. The molecule has 1 aromatic carbocycles. The predicted molar refractivity (Wildman–Crippen MR) is 74.8 cm³/mol. The number of hydrogen-bond donors (Lipinski definition) is 1. The Morgan fingerprint density at radius 1 is 1.45 bits per heavy atom. The zero-order valence-corrected chi connectivity index (χ0v) is 11.8. The molecule has 0 aliphatic rings. The van der Waals surface area contributed by atoms with Gasteiger partial charge in [0.25, 0.3) is 0 Å². The van der Waals surface area contributed by atoms with E-state index in [1.165, 1.54) is 0 Å². The van der Waals surface area contributed by atoms with Gasteiger partial charge in [0.05, 0.1) is 29.7 Å². The van der Waals surface area contributed by atoms with Gasteiger partial charge in [-0.25, -0.2) is 9.48 Å². The molecule has 0 saturated heterocycles. The highest BCUT2D eigenvalue weighted by Crippen LogP contribution is 2.14. The van der Waals surface area contributed by atoms with Gasteiger partial charge in [-0.2, -0.15) is 5.10 Å². The molecule has 0 fully saturated rings. The largest absolute Gasteiger partial charge is 0.459 e. The minimum absolute atomic E-state index is 0.0546. The fraction of sp³-hybridized carbons (Fsp3) is 0.333. The Morgan fingerprint density at radius 3 is 2.80 bits per heavy atom. The zero-order chi connectivity index (χ0) is 14.7. The van der Waals surface area contributed by atoms with Crippen molar-refractivity contribution >= 4 is 5.97 Å². The molecule has 0 unspecified atom stereocenters. The Balaban J connectivity index is 2.31. The van der Waals surface area contributed by atoms with Crippen LogP contribution in [0.15, 0.2) is 30.5 Å². The molecule has 20 heavy (non-hydrogen) atoms. The van der Waals surface area contributed by atoms with Crippen LogP contribution >= 0.6 is 0 Å². The first-order chi connectivity index (χ1) is 9.51. The van der Waals surface area contributed by atoms with Gasteiger partial charge in [-0.3, -0.25) is 0 Å². The van der Waals surface area contributed by atoms with Gasteiger partial charge in [0.15, 0.2) is 0 Å².